The summed E-state index contributed by atoms with van der Waals surface area (Å²) >= 11 is 3.34. The van der Waals surface area contributed by atoms with Crippen LogP contribution in [0.2, 0.25) is 0 Å². The van der Waals surface area contributed by atoms with Crippen LogP contribution in [0.4, 0.5) is 5.82 Å². The van der Waals surface area contributed by atoms with Crippen LogP contribution >= 0.6 is 15.9 Å². The maximum Gasteiger partial charge on any atom is 0.267 e. The lowest BCUT2D eigenvalue weighted by Crippen LogP contribution is -2.27. The molecule has 0 radical (unpaired) electrons. The second kappa shape index (κ2) is 6.36. The first-order valence-corrected chi connectivity index (χ1v) is 7.49. The van der Waals surface area contributed by atoms with Crippen molar-refractivity contribution >= 4 is 21.7 Å². The van der Waals surface area contributed by atoms with Crippen LogP contribution in [-0.2, 0) is 0 Å². The molecular weight excluding hydrogens is 294 g/mol. The Bertz CT molecular complexity index is 446. The molecule has 100 valence electrons. The van der Waals surface area contributed by atoms with Crippen LogP contribution in [0.3, 0.4) is 0 Å². The number of hydrogen-bond acceptors (Lipinski definition) is 3. The number of H-pyrrole nitrogens is 1. The Morgan fingerprint density at radius 3 is 3.11 bits per heavy atom. The molecule has 1 aromatic rings. The standard InChI is InChI=1S/C13H20BrN3O/c1-2-4-10-5-3-7-17(8-6-10)12-11(14)13(18)16-9-15-12/h9-10H,2-8H2,1H3,(H,15,16,18). The number of anilines is 1. The predicted octanol–water partition coefficient (Wildman–Crippen LogP) is 2.94. The molecule has 1 unspecified atom stereocenters. The number of nitrogens with zero attached hydrogens (tertiary/aromatic N) is 2. The quantitative estimate of drug-likeness (QED) is 0.933. The maximum absolute atomic E-state index is 11.6. The van der Waals surface area contributed by atoms with Gasteiger partial charge in [-0.2, -0.15) is 0 Å². The van der Waals surface area contributed by atoms with E-state index in [0.717, 1.165) is 24.8 Å². The molecule has 1 saturated heterocycles. The first kappa shape index (κ1) is 13.6. The van der Waals surface area contributed by atoms with Gasteiger partial charge in [-0.3, -0.25) is 4.79 Å². The Morgan fingerprint density at radius 2 is 2.33 bits per heavy atom. The Hall–Kier alpha value is -0.840. The van der Waals surface area contributed by atoms with Crippen molar-refractivity contribution in [2.75, 3.05) is 18.0 Å². The van der Waals surface area contributed by atoms with Gasteiger partial charge in [-0.15, -0.1) is 0 Å². The topological polar surface area (TPSA) is 49.0 Å². The van der Waals surface area contributed by atoms with Crippen molar-refractivity contribution in [1.82, 2.24) is 9.97 Å². The molecule has 2 heterocycles. The van der Waals surface area contributed by atoms with Gasteiger partial charge in [0.05, 0.1) is 6.33 Å². The smallest absolute Gasteiger partial charge is 0.267 e. The molecule has 1 N–H and O–H groups in total. The predicted molar refractivity (Wildman–Crippen MR) is 77.0 cm³/mol. The highest BCUT2D eigenvalue weighted by Gasteiger charge is 2.19. The first-order valence-electron chi connectivity index (χ1n) is 6.70. The second-order valence-electron chi connectivity index (χ2n) is 4.94. The number of hydrogen-bond donors (Lipinski definition) is 1. The highest BCUT2D eigenvalue weighted by atomic mass is 79.9. The van der Waals surface area contributed by atoms with Crippen molar-refractivity contribution in [3.05, 3.63) is 21.2 Å². The van der Waals surface area contributed by atoms with Crippen LogP contribution in [-0.4, -0.2) is 23.1 Å². The van der Waals surface area contributed by atoms with Crippen molar-refractivity contribution in [1.29, 1.82) is 0 Å². The molecule has 2 rings (SSSR count). The highest BCUT2D eigenvalue weighted by molar-refractivity contribution is 9.10. The average Bonchev–Trinajstić information content (AvgIpc) is 2.59. The Morgan fingerprint density at radius 1 is 1.50 bits per heavy atom. The molecule has 18 heavy (non-hydrogen) atoms. The molecule has 1 atom stereocenters. The molecular formula is C13H20BrN3O. The molecule has 0 aliphatic carbocycles. The lowest BCUT2D eigenvalue weighted by molar-refractivity contribution is 0.435. The summed E-state index contributed by atoms with van der Waals surface area (Å²) in [5.41, 5.74) is -0.102. The minimum atomic E-state index is -0.102. The molecule has 0 spiro atoms. The van der Waals surface area contributed by atoms with Gasteiger partial charge in [0.1, 0.15) is 10.3 Å². The van der Waals surface area contributed by atoms with Gasteiger partial charge in [-0.1, -0.05) is 19.8 Å². The Balaban J connectivity index is 2.10. The normalized spacial score (nSPS) is 20.8. The van der Waals surface area contributed by atoms with Crippen LogP contribution in [0, 0.1) is 5.92 Å². The zero-order valence-corrected chi connectivity index (χ0v) is 12.4. The highest BCUT2D eigenvalue weighted by Crippen LogP contribution is 2.26. The van der Waals surface area contributed by atoms with E-state index in [9.17, 15) is 4.79 Å². The zero-order chi connectivity index (χ0) is 13.0. The van der Waals surface area contributed by atoms with E-state index in [4.69, 9.17) is 0 Å². The van der Waals surface area contributed by atoms with Gasteiger partial charge in [-0.25, -0.2) is 4.98 Å². The third-order valence-electron chi connectivity index (χ3n) is 3.62. The van der Waals surface area contributed by atoms with Crippen LogP contribution in [0.15, 0.2) is 15.6 Å². The molecule has 0 amide bonds. The van der Waals surface area contributed by atoms with E-state index in [0.29, 0.717) is 4.47 Å². The number of halogens is 1. The molecule has 1 fully saturated rings. The minimum absolute atomic E-state index is 0.102. The van der Waals surface area contributed by atoms with E-state index in [1.54, 1.807) is 0 Å². The third kappa shape index (κ3) is 3.13. The summed E-state index contributed by atoms with van der Waals surface area (Å²) in [6.07, 6.45) is 7.75. The molecule has 1 aromatic heterocycles. The summed E-state index contributed by atoms with van der Waals surface area (Å²) in [6, 6.07) is 0. The zero-order valence-electron chi connectivity index (χ0n) is 10.8. The van der Waals surface area contributed by atoms with Gasteiger partial charge in [0.15, 0.2) is 0 Å². The fourth-order valence-electron chi connectivity index (χ4n) is 2.67. The number of aromatic nitrogens is 2. The maximum atomic E-state index is 11.6. The first-order chi connectivity index (χ1) is 8.72. The van der Waals surface area contributed by atoms with Gasteiger partial charge in [-0.05, 0) is 41.1 Å². The van der Waals surface area contributed by atoms with Crippen molar-refractivity contribution in [2.24, 2.45) is 5.92 Å². The van der Waals surface area contributed by atoms with Crippen LogP contribution in [0.5, 0.6) is 0 Å². The van der Waals surface area contributed by atoms with Crippen molar-refractivity contribution in [3.8, 4) is 0 Å². The average molecular weight is 314 g/mol. The monoisotopic (exact) mass is 313 g/mol. The summed E-state index contributed by atoms with van der Waals surface area (Å²) in [5, 5.41) is 0. The van der Waals surface area contributed by atoms with Gasteiger partial charge in [0, 0.05) is 13.1 Å². The van der Waals surface area contributed by atoms with Crippen LogP contribution in [0.25, 0.3) is 0 Å². The summed E-state index contributed by atoms with van der Waals surface area (Å²) in [4.78, 5) is 20.7. The third-order valence-corrected chi connectivity index (χ3v) is 4.34. The number of aromatic amines is 1. The lowest BCUT2D eigenvalue weighted by atomic mass is 9.96. The number of rotatable bonds is 3. The van der Waals surface area contributed by atoms with E-state index in [1.807, 2.05) is 0 Å². The minimum Gasteiger partial charge on any atom is -0.355 e. The summed E-state index contributed by atoms with van der Waals surface area (Å²) < 4.78 is 0.555. The molecule has 4 nitrogen and oxygen atoms in total. The van der Waals surface area contributed by atoms with Gasteiger partial charge in [0.2, 0.25) is 0 Å². The van der Waals surface area contributed by atoms with E-state index in [1.165, 1.54) is 38.4 Å². The van der Waals surface area contributed by atoms with E-state index in [-0.39, 0.29) is 5.56 Å². The molecule has 5 heteroatoms. The molecule has 0 saturated carbocycles. The largest absolute Gasteiger partial charge is 0.355 e. The second-order valence-corrected chi connectivity index (χ2v) is 5.73. The van der Waals surface area contributed by atoms with Crippen LogP contribution in [0.1, 0.15) is 39.0 Å². The van der Waals surface area contributed by atoms with Crippen molar-refractivity contribution in [3.63, 3.8) is 0 Å². The van der Waals surface area contributed by atoms with E-state index >= 15 is 0 Å². The Kier molecular flexibility index (Phi) is 4.80. The molecule has 1 aliphatic rings. The lowest BCUT2D eigenvalue weighted by Gasteiger charge is -2.22. The van der Waals surface area contributed by atoms with Crippen molar-refractivity contribution in [2.45, 2.75) is 39.0 Å². The summed E-state index contributed by atoms with van der Waals surface area (Å²) in [6.45, 7) is 4.24. The fraction of sp³-hybridized carbons (Fsp3) is 0.692. The van der Waals surface area contributed by atoms with E-state index < -0.39 is 0 Å². The van der Waals surface area contributed by atoms with Gasteiger partial charge < -0.3 is 9.88 Å². The van der Waals surface area contributed by atoms with Gasteiger partial charge in [0.25, 0.3) is 5.56 Å². The van der Waals surface area contributed by atoms with E-state index in [2.05, 4.69) is 37.7 Å². The molecule has 0 bridgehead atoms. The van der Waals surface area contributed by atoms with Crippen molar-refractivity contribution < 1.29 is 0 Å². The molecule has 0 aromatic carbocycles. The van der Waals surface area contributed by atoms with Gasteiger partial charge >= 0.3 is 0 Å². The summed E-state index contributed by atoms with van der Waals surface area (Å²) in [5.74, 6) is 1.62. The fourth-order valence-corrected chi connectivity index (χ4v) is 3.14. The number of nitrogens with one attached hydrogen (secondary N) is 1. The SMILES string of the molecule is CCCC1CCCN(c2nc[nH]c(=O)c2Br)CC1. The molecule has 1 aliphatic heterocycles. The Labute approximate surface area is 116 Å². The summed E-state index contributed by atoms with van der Waals surface area (Å²) in [7, 11) is 0. The van der Waals surface area contributed by atoms with Crippen LogP contribution < -0.4 is 10.5 Å².